The van der Waals surface area contributed by atoms with Crippen molar-refractivity contribution in [2.75, 3.05) is 26.7 Å². The molecule has 3 heterocycles. The van der Waals surface area contributed by atoms with E-state index in [0.29, 0.717) is 32.4 Å². The third-order valence-corrected chi connectivity index (χ3v) is 9.26. The van der Waals surface area contributed by atoms with E-state index >= 15 is 0 Å². The van der Waals surface area contributed by atoms with Gasteiger partial charge in [0.25, 0.3) is 0 Å². The lowest BCUT2D eigenvalue weighted by Gasteiger charge is -2.41. The summed E-state index contributed by atoms with van der Waals surface area (Å²) in [5, 5.41) is 10.7. The van der Waals surface area contributed by atoms with Crippen LogP contribution in [0.15, 0.2) is 55.6 Å². The maximum Gasteiger partial charge on any atom is 0.248 e. The first-order chi connectivity index (χ1) is 19.1. The van der Waals surface area contributed by atoms with Crippen LogP contribution in [-0.4, -0.2) is 93.6 Å². The SMILES string of the molecule is C=CCN(C)C(=O)[C@@H]1[C@H]2C(=O)N([C@@H](CO)Cc3ccccc3)C(C(=O)N(CC=C)C(C)CCC)C23CC[C@@]1(C)O3. The molecule has 8 heteroatoms. The van der Waals surface area contributed by atoms with Crippen molar-refractivity contribution in [1.29, 1.82) is 0 Å². The van der Waals surface area contributed by atoms with E-state index in [-0.39, 0.29) is 30.4 Å². The van der Waals surface area contributed by atoms with Crippen molar-refractivity contribution in [2.45, 2.75) is 82.2 Å². The van der Waals surface area contributed by atoms with E-state index in [2.05, 4.69) is 20.1 Å². The van der Waals surface area contributed by atoms with Crippen molar-refractivity contribution in [2.24, 2.45) is 11.8 Å². The van der Waals surface area contributed by atoms with Gasteiger partial charge in [-0.05, 0) is 45.1 Å². The minimum absolute atomic E-state index is 0.0741. The van der Waals surface area contributed by atoms with Crippen molar-refractivity contribution in [3.05, 3.63) is 61.2 Å². The maximum atomic E-state index is 14.6. The average Bonchev–Trinajstić information content (AvgIpc) is 3.51. The first-order valence-corrected chi connectivity index (χ1v) is 14.5. The number of rotatable bonds is 13. The van der Waals surface area contributed by atoms with E-state index in [9.17, 15) is 19.5 Å². The first kappa shape index (κ1) is 30.0. The Kier molecular flexibility index (Phi) is 8.90. The molecular weight excluding hydrogens is 506 g/mol. The summed E-state index contributed by atoms with van der Waals surface area (Å²) in [6.07, 6.45) is 6.51. The molecule has 7 atom stereocenters. The lowest BCUT2D eigenvalue weighted by atomic mass is 9.66. The summed E-state index contributed by atoms with van der Waals surface area (Å²) < 4.78 is 6.79. The zero-order chi connectivity index (χ0) is 29.2. The van der Waals surface area contributed by atoms with Crippen LogP contribution in [0.2, 0.25) is 0 Å². The summed E-state index contributed by atoms with van der Waals surface area (Å²) in [7, 11) is 1.70. The molecule has 1 aromatic carbocycles. The van der Waals surface area contributed by atoms with Crippen LogP contribution in [0.1, 0.15) is 52.0 Å². The number of carbonyl (C=O) groups is 3. The zero-order valence-electron chi connectivity index (χ0n) is 24.4. The van der Waals surface area contributed by atoms with Gasteiger partial charge in [-0.2, -0.15) is 0 Å². The Morgan fingerprint density at radius 2 is 1.85 bits per heavy atom. The molecule has 0 aromatic heterocycles. The average molecular weight is 552 g/mol. The standard InChI is InChI=1S/C32H45N3O5/c1-7-13-22(4)34(19-9-3)30(39)27-32-17-16-31(5,40-32)25(28(37)33(6)18-8-2)26(32)29(38)35(27)24(21-36)20-23-14-11-10-12-15-23/h8-12,14-15,22,24-27,36H,2-3,7,13,16-21H2,1,4-6H3/t22?,24-,25+,26+,27?,31-,32?/m1/s1. The van der Waals surface area contributed by atoms with Crippen molar-refractivity contribution in [1.82, 2.24) is 14.7 Å². The fourth-order valence-electron chi connectivity index (χ4n) is 7.43. The number of hydrogen-bond acceptors (Lipinski definition) is 5. The number of fused-ring (bicyclic) bond motifs is 1. The van der Waals surface area contributed by atoms with Gasteiger partial charge in [-0.25, -0.2) is 0 Å². The van der Waals surface area contributed by atoms with Crippen LogP contribution in [0, 0.1) is 11.8 Å². The summed E-state index contributed by atoms with van der Waals surface area (Å²) in [5.74, 6) is -2.21. The van der Waals surface area contributed by atoms with E-state index in [1.165, 1.54) is 0 Å². The van der Waals surface area contributed by atoms with Gasteiger partial charge in [-0.3, -0.25) is 14.4 Å². The molecule has 3 saturated heterocycles. The van der Waals surface area contributed by atoms with Gasteiger partial charge >= 0.3 is 0 Å². The number of hydrogen-bond donors (Lipinski definition) is 1. The molecule has 40 heavy (non-hydrogen) atoms. The van der Waals surface area contributed by atoms with Crippen molar-refractivity contribution in [3.8, 4) is 0 Å². The third-order valence-electron chi connectivity index (χ3n) is 9.26. The van der Waals surface area contributed by atoms with E-state index in [1.807, 2.05) is 44.2 Å². The van der Waals surface area contributed by atoms with Crippen LogP contribution >= 0.6 is 0 Å². The highest BCUT2D eigenvalue weighted by molar-refractivity contribution is 5.99. The highest BCUT2D eigenvalue weighted by Crippen LogP contribution is 2.64. The Labute approximate surface area is 238 Å². The molecule has 1 N–H and O–H groups in total. The Morgan fingerprint density at radius 1 is 1.18 bits per heavy atom. The predicted octanol–water partition coefficient (Wildman–Crippen LogP) is 3.20. The molecular formula is C32H45N3O5. The summed E-state index contributed by atoms with van der Waals surface area (Å²) in [4.78, 5) is 47.9. The Hall–Kier alpha value is -2.97. The molecule has 4 rings (SSSR count). The fourth-order valence-corrected chi connectivity index (χ4v) is 7.43. The van der Waals surface area contributed by atoms with Gasteiger partial charge in [0.05, 0.1) is 30.1 Å². The van der Waals surface area contributed by atoms with E-state index in [0.717, 1.165) is 18.4 Å². The molecule has 8 nitrogen and oxygen atoms in total. The summed E-state index contributed by atoms with van der Waals surface area (Å²) in [6.45, 7) is 14.0. The van der Waals surface area contributed by atoms with Crippen molar-refractivity contribution >= 4 is 17.7 Å². The zero-order valence-corrected chi connectivity index (χ0v) is 24.4. The van der Waals surface area contributed by atoms with Crippen molar-refractivity contribution < 1.29 is 24.2 Å². The van der Waals surface area contributed by atoms with Crippen LogP contribution < -0.4 is 0 Å². The molecule has 3 unspecified atom stereocenters. The number of amides is 3. The molecule has 1 aromatic rings. The van der Waals surface area contributed by atoms with E-state index in [1.54, 1.807) is 33.9 Å². The van der Waals surface area contributed by atoms with Crippen LogP contribution in [-0.2, 0) is 25.5 Å². The summed E-state index contributed by atoms with van der Waals surface area (Å²) in [5.41, 5.74) is -1.05. The monoisotopic (exact) mass is 551 g/mol. The van der Waals surface area contributed by atoms with Gasteiger partial charge in [0, 0.05) is 26.2 Å². The van der Waals surface area contributed by atoms with Crippen LogP contribution in [0.3, 0.4) is 0 Å². The number of carbonyl (C=O) groups excluding carboxylic acids is 3. The minimum Gasteiger partial charge on any atom is -0.394 e. The van der Waals surface area contributed by atoms with Crippen LogP contribution in [0.5, 0.6) is 0 Å². The van der Waals surface area contributed by atoms with E-state index < -0.39 is 35.1 Å². The Morgan fingerprint density at radius 3 is 2.45 bits per heavy atom. The number of aliphatic hydroxyl groups is 1. The highest BCUT2D eigenvalue weighted by atomic mass is 16.5. The maximum absolute atomic E-state index is 14.6. The second-order valence-corrected chi connectivity index (χ2v) is 11.9. The molecule has 218 valence electrons. The molecule has 0 aliphatic carbocycles. The second-order valence-electron chi connectivity index (χ2n) is 11.9. The molecule has 2 bridgehead atoms. The molecule has 3 aliphatic rings. The molecule has 3 fully saturated rings. The second kappa shape index (κ2) is 11.9. The molecule has 0 radical (unpaired) electrons. The van der Waals surface area contributed by atoms with Gasteiger partial charge in [0.2, 0.25) is 17.7 Å². The fraction of sp³-hybridized carbons (Fsp3) is 0.594. The molecule has 1 spiro atoms. The molecule has 3 aliphatic heterocycles. The quantitative estimate of drug-likeness (QED) is 0.381. The smallest absolute Gasteiger partial charge is 0.248 e. The van der Waals surface area contributed by atoms with Gasteiger partial charge in [-0.15, -0.1) is 13.2 Å². The third kappa shape index (κ3) is 4.90. The summed E-state index contributed by atoms with van der Waals surface area (Å²) in [6, 6.07) is 7.98. The van der Waals surface area contributed by atoms with Gasteiger partial charge in [0.1, 0.15) is 11.6 Å². The molecule has 3 amide bonds. The van der Waals surface area contributed by atoms with Crippen LogP contribution in [0.25, 0.3) is 0 Å². The van der Waals surface area contributed by atoms with Gasteiger partial charge in [-0.1, -0.05) is 55.8 Å². The lowest BCUT2D eigenvalue weighted by Crippen LogP contribution is -2.60. The highest BCUT2D eigenvalue weighted by Gasteiger charge is 2.78. The van der Waals surface area contributed by atoms with E-state index in [4.69, 9.17) is 4.74 Å². The number of ether oxygens (including phenoxy) is 1. The minimum atomic E-state index is -1.15. The number of aliphatic hydroxyl groups excluding tert-OH is 1. The largest absolute Gasteiger partial charge is 0.394 e. The predicted molar refractivity (Wildman–Crippen MR) is 154 cm³/mol. The number of likely N-dealkylation sites (N-methyl/N-ethyl adjacent to an activating group) is 1. The van der Waals surface area contributed by atoms with Gasteiger partial charge in [0.15, 0.2) is 0 Å². The Bertz CT molecular complexity index is 1120. The first-order valence-electron chi connectivity index (χ1n) is 14.5. The number of benzene rings is 1. The van der Waals surface area contributed by atoms with Gasteiger partial charge < -0.3 is 24.5 Å². The molecule has 0 saturated carbocycles. The lowest BCUT2D eigenvalue weighted by molar-refractivity contribution is -0.157. The van der Waals surface area contributed by atoms with Crippen LogP contribution in [0.4, 0.5) is 0 Å². The number of likely N-dealkylation sites (tertiary alicyclic amines) is 1. The topological polar surface area (TPSA) is 90.4 Å². The Balaban J connectivity index is 1.83. The summed E-state index contributed by atoms with van der Waals surface area (Å²) >= 11 is 0. The normalized spacial score (nSPS) is 30.1. The number of nitrogens with zero attached hydrogens (tertiary/aromatic N) is 3. The van der Waals surface area contributed by atoms with Crippen molar-refractivity contribution in [3.63, 3.8) is 0 Å².